The lowest BCUT2D eigenvalue weighted by Gasteiger charge is -2.05. The highest BCUT2D eigenvalue weighted by Crippen LogP contribution is 2.21. The average molecular weight is 320 g/mol. The molecule has 102 valence electrons. The Morgan fingerprint density at radius 1 is 1.37 bits per heavy atom. The van der Waals surface area contributed by atoms with Crippen molar-refractivity contribution >= 4 is 37.2 Å². The van der Waals surface area contributed by atoms with Crippen LogP contribution < -0.4 is 5.32 Å². The summed E-state index contributed by atoms with van der Waals surface area (Å²) in [6, 6.07) is 3.73. The highest BCUT2D eigenvalue weighted by atomic mass is 35.7. The maximum absolute atomic E-state index is 11.8. The number of carbonyl (C=O) groups excluding carboxylic acids is 1. The van der Waals surface area contributed by atoms with E-state index in [1.54, 1.807) is 6.92 Å². The summed E-state index contributed by atoms with van der Waals surface area (Å²) in [7, 11) is 1.29. The quantitative estimate of drug-likeness (QED) is 0.526. The van der Waals surface area contributed by atoms with Crippen LogP contribution in [0.4, 0.5) is 0 Å². The SMILES string of the molecule is CC#CCCNC(=O)c1cc(Cl)cc(S(=O)(=O)Cl)c1. The topological polar surface area (TPSA) is 63.2 Å². The highest BCUT2D eigenvalue weighted by molar-refractivity contribution is 8.13. The molecule has 0 saturated carbocycles. The second-order valence-corrected chi connectivity index (χ2v) is 6.55. The number of benzene rings is 1. The van der Waals surface area contributed by atoms with E-state index in [4.69, 9.17) is 22.3 Å². The Balaban J connectivity index is 2.91. The fourth-order valence-corrected chi connectivity index (χ4v) is 2.40. The lowest BCUT2D eigenvalue weighted by Crippen LogP contribution is -2.24. The minimum absolute atomic E-state index is 0.125. The molecule has 1 aromatic rings. The first-order chi connectivity index (χ1) is 8.84. The number of nitrogens with one attached hydrogen (secondary N) is 1. The summed E-state index contributed by atoms with van der Waals surface area (Å²) < 4.78 is 22.4. The van der Waals surface area contributed by atoms with Gasteiger partial charge in [0.1, 0.15) is 0 Å². The van der Waals surface area contributed by atoms with E-state index in [0.717, 1.165) is 0 Å². The molecule has 0 atom stereocenters. The van der Waals surface area contributed by atoms with Crippen molar-refractivity contribution in [2.24, 2.45) is 0 Å². The van der Waals surface area contributed by atoms with Gasteiger partial charge in [0.05, 0.1) is 4.90 Å². The summed E-state index contributed by atoms with van der Waals surface area (Å²) in [5.41, 5.74) is 0.135. The van der Waals surface area contributed by atoms with Crippen molar-refractivity contribution in [2.75, 3.05) is 6.54 Å². The summed E-state index contributed by atoms with van der Waals surface area (Å²) >= 11 is 5.76. The molecule has 0 radical (unpaired) electrons. The van der Waals surface area contributed by atoms with Crippen LogP contribution in [0, 0.1) is 11.8 Å². The molecule has 0 heterocycles. The van der Waals surface area contributed by atoms with Crippen LogP contribution in [-0.4, -0.2) is 20.9 Å². The summed E-state index contributed by atoms with van der Waals surface area (Å²) in [6.07, 6.45) is 0.517. The fourth-order valence-electron chi connectivity index (χ4n) is 1.30. The average Bonchev–Trinajstić information content (AvgIpc) is 2.32. The van der Waals surface area contributed by atoms with Crippen LogP contribution in [0.25, 0.3) is 0 Å². The molecule has 0 fully saturated rings. The minimum atomic E-state index is -3.93. The molecular weight excluding hydrogens is 309 g/mol. The lowest BCUT2D eigenvalue weighted by atomic mass is 10.2. The largest absolute Gasteiger partial charge is 0.351 e. The second-order valence-electron chi connectivity index (χ2n) is 3.55. The normalized spacial score (nSPS) is 10.5. The van der Waals surface area contributed by atoms with E-state index in [0.29, 0.717) is 13.0 Å². The predicted octanol–water partition coefficient (Wildman–Crippen LogP) is 2.41. The third-order valence-corrected chi connectivity index (χ3v) is 3.68. The van der Waals surface area contributed by atoms with Gasteiger partial charge < -0.3 is 5.32 Å². The van der Waals surface area contributed by atoms with E-state index in [9.17, 15) is 13.2 Å². The van der Waals surface area contributed by atoms with E-state index in [1.165, 1.54) is 18.2 Å². The summed E-state index contributed by atoms with van der Waals surface area (Å²) in [5.74, 6) is 5.07. The van der Waals surface area contributed by atoms with Crippen molar-refractivity contribution in [3.05, 3.63) is 28.8 Å². The minimum Gasteiger partial charge on any atom is -0.351 e. The first kappa shape index (κ1) is 15.8. The fraction of sp³-hybridized carbons (Fsp3) is 0.250. The molecule has 0 spiro atoms. The van der Waals surface area contributed by atoms with Gasteiger partial charge in [-0.15, -0.1) is 11.8 Å². The lowest BCUT2D eigenvalue weighted by molar-refractivity contribution is 0.0954. The monoisotopic (exact) mass is 319 g/mol. The van der Waals surface area contributed by atoms with Gasteiger partial charge in [-0.25, -0.2) is 8.42 Å². The number of carbonyl (C=O) groups is 1. The van der Waals surface area contributed by atoms with Crippen LogP contribution in [-0.2, 0) is 9.05 Å². The van der Waals surface area contributed by atoms with Gasteiger partial charge in [0.15, 0.2) is 0 Å². The maximum Gasteiger partial charge on any atom is 0.261 e. The molecule has 0 aliphatic heterocycles. The molecule has 19 heavy (non-hydrogen) atoms. The third kappa shape index (κ3) is 5.11. The van der Waals surface area contributed by atoms with Crippen molar-refractivity contribution in [1.29, 1.82) is 0 Å². The van der Waals surface area contributed by atoms with E-state index in [2.05, 4.69) is 17.2 Å². The zero-order valence-electron chi connectivity index (χ0n) is 10.0. The molecule has 0 aliphatic rings. The first-order valence-corrected chi connectivity index (χ1v) is 7.96. The number of amides is 1. The Kier molecular flexibility index (Phi) is 5.67. The van der Waals surface area contributed by atoms with Crippen molar-refractivity contribution in [3.63, 3.8) is 0 Å². The zero-order valence-corrected chi connectivity index (χ0v) is 12.4. The van der Waals surface area contributed by atoms with Gasteiger partial charge >= 0.3 is 0 Å². The molecule has 0 saturated heterocycles. The smallest absolute Gasteiger partial charge is 0.261 e. The number of rotatable bonds is 4. The van der Waals surface area contributed by atoms with Gasteiger partial charge in [0.25, 0.3) is 15.0 Å². The van der Waals surface area contributed by atoms with Crippen LogP contribution in [0.5, 0.6) is 0 Å². The Morgan fingerprint density at radius 3 is 2.63 bits per heavy atom. The van der Waals surface area contributed by atoms with Crippen LogP contribution in [0.15, 0.2) is 23.1 Å². The number of hydrogen-bond donors (Lipinski definition) is 1. The van der Waals surface area contributed by atoms with Gasteiger partial charge in [-0.1, -0.05) is 11.6 Å². The molecule has 0 aliphatic carbocycles. The number of halogens is 2. The van der Waals surface area contributed by atoms with E-state index in [-0.39, 0.29) is 15.5 Å². The highest BCUT2D eigenvalue weighted by Gasteiger charge is 2.15. The van der Waals surface area contributed by atoms with Crippen molar-refractivity contribution in [2.45, 2.75) is 18.2 Å². The summed E-state index contributed by atoms with van der Waals surface area (Å²) in [6.45, 7) is 2.07. The van der Waals surface area contributed by atoms with Crippen molar-refractivity contribution in [1.82, 2.24) is 5.32 Å². The summed E-state index contributed by atoms with van der Waals surface area (Å²) in [4.78, 5) is 11.6. The maximum atomic E-state index is 11.8. The summed E-state index contributed by atoms with van der Waals surface area (Å²) in [5, 5.41) is 2.73. The predicted molar refractivity (Wildman–Crippen MR) is 74.9 cm³/mol. The molecule has 0 aromatic heterocycles. The molecule has 1 rings (SSSR count). The second kappa shape index (κ2) is 6.80. The Morgan fingerprint density at radius 2 is 2.05 bits per heavy atom. The van der Waals surface area contributed by atoms with Gasteiger partial charge in [-0.3, -0.25) is 4.79 Å². The van der Waals surface area contributed by atoms with Gasteiger partial charge in [0, 0.05) is 34.2 Å². The standard InChI is InChI=1S/C12H11Cl2NO3S/c1-2-3-4-5-15-12(16)9-6-10(13)8-11(7-9)19(14,17)18/h6-8H,4-5H2,1H3,(H,15,16). The molecule has 0 unspecified atom stereocenters. The molecule has 0 bridgehead atoms. The van der Waals surface area contributed by atoms with Crippen LogP contribution in [0.3, 0.4) is 0 Å². The molecular formula is C12H11Cl2NO3S. The van der Waals surface area contributed by atoms with E-state index in [1.807, 2.05) is 0 Å². The Labute approximate surface area is 121 Å². The Bertz CT molecular complexity index is 645. The van der Waals surface area contributed by atoms with Gasteiger partial charge in [0.2, 0.25) is 0 Å². The Hall–Kier alpha value is -1.22. The molecule has 1 amide bonds. The van der Waals surface area contributed by atoms with Crippen molar-refractivity contribution < 1.29 is 13.2 Å². The molecule has 1 aromatic carbocycles. The van der Waals surface area contributed by atoms with Crippen LogP contribution >= 0.6 is 22.3 Å². The van der Waals surface area contributed by atoms with Gasteiger partial charge in [-0.2, -0.15) is 0 Å². The third-order valence-electron chi connectivity index (χ3n) is 2.13. The van der Waals surface area contributed by atoms with E-state index < -0.39 is 15.0 Å². The number of hydrogen-bond acceptors (Lipinski definition) is 3. The van der Waals surface area contributed by atoms with Gasteiger partial charge in [-0.05, 0) is 25.1 Å². The van der Waals surface area contributed by atoms with Crippen LogP contribution in [0.2, 0.25) is 5.02 Å². The molecule has 1 N–H and O–H groups in total. The molecule has 4 nitrogen and oxygen atoms in total. The van der Waals surface area contributed by atoms with Crippen LogP contribution in [0.1, 0.15) is 23.7 Å². The first-order valence-electron chi connectivity index (χ1n) is 5.27. The van der Waals surface area contributed by atoms with Crippen molar-refractivity contribution in [3.8, 4) is 11.8 Å². The molecule has 7 heteroatoms. The van der Waals surface area contributed by atoms with E-state index >= 15 is 0 Å². The zero-order chi connectivity index (χ0) is 14.5.